The van der Waals surface area contributed by atoms with E-state index >= 15 is 0 Å². The Kier molecular flexibility index (Phi) is 6.15. The van der Waals surface area contributed by atoms with E-state index in [0.717, 1.165) is 26.7 Å². The maximum atomic E-state index is 13.8. The lowest BCUT2D eigenvalue weighted by Crippen LogP contribution is -2.42. The van der Waals surface area contributed by atoms with Gasteiger partial charge in [-0.15, -0.1) is 0 Å². The van der Waals surface area contributed by atoms with Crippen LogP contribution in [-0.4, -0.2) is 30.4 Å². The molecule has 2 aromatic heterocycles. The molecule has 0 amide bonds. The van der Waals surface area contributed by atoms with Gasteiger partial charge in [0.05, 0.1) is 40.1 Å². The second-order valence-corrected chi connectivity index (χ2v) is 9.34. The second-order valence-electron chi connectivity index (χ2n) is 8.93. The number of rotatable bonds is 5. The van der Waals surface area contributed by atoms with Crippen LogP contribution in [0.3, 0.4) is 0 Å². The van der Waals surface area contributed by atoms with Gasteiger partial charge in [-0.05, 0) is 55.3 Å². The molecular weight excluding hydrogens is 492 g/mol. The first-order chi connectivity index (χ1) is 17.7. The topological polar surface area (TPSA) is 123 Å². The summed E-state index contributed by atoms with van der Waals surface area (Å²) >= 11 is 6.52. The summed E-state index contributed by atoms with van der Waals surface area (Å²) in [7, 11) is 1.81. The smallest absolute Gasteiger partial charge is 0.359 e. The number of benzene rings is 2. The van der Waals surface area contributed by atoms with E-state index in [1.807, 2.05) is 33.2 Å². The monoisotopic (exact) mass is 514 g/mol. The van der Waals surface area contributed by atoms with Crippen molar-refractivity contribution in [2.75, 3.05) is 11.9 Å². The van der Waals surface area contributed by atoms with Crippen molar-refractivity contribution in [3.63, 3.8) is 0 Å². The molecule has 11 heteroatoms. The summed E-state index contributed by atoms with van der Waals surface area (Å²) < 4.78 is 4.07. The highest BCUT2D eigenvalue weighted by molar-refractivity contribution is 6.34. The van der Waals surface area contributed by atoms with Crippen LogP contribution in [0.5, 0.6) is 0 Å². The predicted octanol–water partition coefficient (Wildman–Crippen LogP) is 3.27. The van der Waals surface area contributed by atoms with Gasteiger partial charge in [0.2, 0.25) is 5.95 Å². The SMILES string of the molecule is CC1=CC(n2c(=O)nc(Nc3cc4cn(C)nc4cc3Cl)n(Cc3cc(C#N)ccc3C)c2=O)=CNC1. The fraction of sp³-hybridized carbons (Fsp3) is 0.192. The van der Waals surface area contributed by atoms with E-state index in [4.69, 9.17) is 11.6 Å². The summed E-state index contributed by atoms with van der Waals surface area (Å²) in [6, 6.07) is 10.9. The summed E-state index contributed by atoms with van der Waals surface area (Å²) in [5.41, 5.74) is 3.32. The third kappa shape index (κ3) is 4.64. The highest BCUT2D eigenvalue weighted by atomic mass is 35.5. The number of nitrogens with zero attached hydrogens (tertiary/aromatic N) is 6. The molecule has 0 bridgehead atoms. The summed E-state index contributed by atoms with van der Waals surface area (Å²) in [6.07, 6.45) is 5.22. The largest absolute Gasteiger partial charge is 0.385 e. The van der Waals surface area contributed by atoms with Crippen LogP contribution in [0, 0.1) is 18.3 Å². The van der Waals surface area contributed by atoms with E-state index in [9.17, 15) is 14.9 Å². The minimum Gasteiger partial charge on any atom is -0.385 e. The number of aryl methyl sites for hydroxylation is 2. The minimum atomic E-state index is -0.733. The lowest BCUT2D eigenvalue weighted by atomic mass is 10.1. The molecule has 0 spiro atoms. The number of allylic oxidation sites excluding steroid dienone is 2. The molecule has 2 N–H and O–H groups in total. The number of hydrogen-bond donors (Lipinski definition) is 2. The molecule has 2 aromatic carbocycles. The Morgan fingerprint density at radius 1 is 1.22 bits per heavy atom. The fourth-order valence-electron chi connectivity index (χ4n) is 4.21. The molecule has 10 nitrogen and oxygen atoms in total. The molecule has 5 rings (SSSR count). The van der Waals surface area contributed by atoms with Crippen molar-refractivity contribution in [3.8, 4) is 6.07 Å². The van der Waals surface area contributed by atoms with Crippen molar-refractivity contribution >= 4 is 39.8 Å². The number of anilines is 2. The Labute approximate surface area is 216 Å². The van der Waals surface area contributed by atoms with Crippen molar-refractivity contribution in [2.45, 2.75) is 20.4 Å². The highest BCUT2D eigenvalue weighted by Crippen LogP contribution is 2.29. The normalized spacial score (nSPS) is 13.1. The summed E-state index contributed by atoms with van der Waals surface area (Å²) in [4.78, 5) is 31.2. The molecule has 37 heavy (non-hydrogen) atoms. The first-order valence-corrected chi connectivity index (χ1v) is 11.9. The first-order valence-electron chi connectivity index (χ1n) is 11.5. The average molecular weight is 515 g/mol. The summed E-state index contributed by atoms with van der Waals surface area (Å²) in [5.74, 6) is 0.0308. The number of nitrogens with one attached hydrogen (secondary N) is 2. The average Bonchev–Trinajstić information content (AvgIpc) is 3.21. The van der Waals surface area contributed by atoms with Crippen LogP contribution in [-0.2, 0) is 13.6 Å². The van der Waals surface area contributed by atoms with E-state index in [0.29, 0.717) is 34.0 Å². The van der Waals surface area contributed by atoms with Crippen LogP contribution < -0.4 is 22.0 Å². The molecule has 0 unspecified atom stereocenters. The first kappa shape index (κ1) is 24.1. The lowest BCUT2D eigenvalue weighted by Gasteiger charge is -2.19. The molecule has 0 saturated heterocycles. The molecule has 0 fully saturated rings. The van der Waals surface area contributed by atoms with Crippen LogP contribution in [0.2, 0.25) is 5.02 Å². The number of halogens is 1. The van der Waals surface area contributed by atoms with Gasteiger partial charge in [-0.2, -0.15) is 15.3 Å². The van der Waals surface area contributed by atoms with Crippen molar-refractivity contribution in [1.82, 2.24) is 29.2 Å². The van der Waals surface area contributed by atoms with Crippen molar-refractivity contribution in [3.05, 3.63) is 97.1 Å². The van der Waals surface area contributed by atoms with Crippen LogP contribution in [0.25, 0.3) is 16.6 Å². The van der Waals surface area contributed by atoms with Gasteiger partial charge in [0, 0.05) is 31.4 Å². The number of hydrogen-bond acceptors (Lipinski definition) is 7. The third-order valence-electron chi connectivity index (χ3n) is 6.11. The van der Waals surface area contributed by atoms with E-state index in [1.165, 1.54) is 4.57 Å². The van der Waals surface area contributed by atoms with Gasteiger partial charge in [0.25, 0.3) is 0 Å². The van der Waals surface area contributed by atoms with Gasteiger partial charge in [0.15, 0.2) is 0 Å². The van der Waals surface area contributed by atoms with Crippen LogP contribution in [0.4, 0.5) is 11.6 Å². The van der Waals surface area contributed by atoms with Crippen LogP contribution >= 0.6 is 11.6 Å². The van der Waals surface area contributed by atoms with Gasteiger partial charge >= 0.3 is 11.4 Å². The Balaban J connectivity index is 1.69. The van der Waals surface area contributed by atoms with E-state index < -0.39 is 11.4 Å². The number of dihydropyridines is 1. The molecular formula is C26H23ClN8O2. The van der Waals surface area contributed by atoms with Crippen LogP contribution in [0.1, 0.15) is 23.6 Å². The number of fused-ring (bicyclic) bond motifs is 1. The van der Waals surface area contributed by atoms with Crippen LogP contribution in [0.15, 0.2) is 64.0 Å². The van der Waals surface area contributed by atoms with Crippen molar-refractivity contribution in [1.29, 1.82) is 5.26 Å². The van der Waals surface area contributed by atoms with Crippen molar-refractivity contribution < 1.29 is 0 Å². The van der Waals surface area contributed by atoms with E-state index in [1.54, 1.807) is 41.2 Å². The molecule has 186 valence electrons. The maximum Gasteiger partial charge on any atom is 0.359 e. The van der Waals surface area contributed by atoms with Gasteiger partial charge in [-0.25, -0.2) is 14.2 Å². The van der Waals surface area contributed by atoms with Gasteiger partial charge in [-0.3, -0.25) is 9.25 Å². The zero-order valence-electron chi connectivity index (χ0n) is 20.4. The Hall–Kier alpha value is -4.62. The molecule has 1 aliphatic heterocycles. The lowest BCUT2D eigenvalue weighted by molar-refractivity contribution is 0.660. The van der Waals surface area contributed by atoms with Crippen molar-refractivity contribution in [2.24, 2.45) is 7.05 Å². The Morgan fingerprint density at radius 2 is 2.03 bits per heavy atom. The second kappa shape index (κ2) is 9.44. The molecule has 1 aliphatic rings. The van der Waals surface area contributed by atoms with Gasteiger partial charge in [-0.1, -0.05) is 23.2 Å². The minimum absolute atomic E-state index is 0.0308. The number of nitriles is 1. The zero-order chi connectivity index (χ0) is 26.3. The zero-order valence-corrected chi connectivity index (χ0v) is 21.2. The van der Waals surface area contributed by atoms with Gasteiger partial charge < -0.3 is 10.6 Å². The molecule has 0 radical (unpaired) electrons. The highest BCUT2D eigenvalue weighted by Gasteiger charge is 2.19. The molecule has 0 atom stereocenters. The quantitative estimate of drug-likeness (QED) is 0.419. The Bertz CT molecular complexity index is 1790. The third-order valence-corrected chi connectivity index (χ3v) is 6.43. The molecule has 0 saturated carbocycles. The molecule has 3 heterocycles. The molecule has 4 aromatic rings. The standard InChI is InChI=1S/C26H23ClN8O2/c1-15-6-20(12-29-11-15)35-25(36)31-24(30-23-8-19-13-33(3)32-22(19)9-21(23)27)34(26(35)37)14-18-7-17(10-28)5-4-16(18)2/h4-9,12-13,29H,11,14H2,1-3H3,(H,30,31,36). The van der Waals surface area contributed by atoms with Gasteiger partial charge in [0.1, 0.15) is 0 Å². The number of aromatic nitrogens is 5. The fourth-order valence-corrected chi connectivity index (χ4v) is 4.42. The van der Waals surface area contributed by atoms with E-state index in [2.05, 4.69) is 26.8 Å². The molecule has 0 aliphatic carbocycles. The Morgan fingerprint density at radius 3 is 2.78 bits per heavy atom. The summed E-state index contributed by atoms with van der Waals surface area (Å²) in [6.45, 7) is 4.49. The summed E-state index contributed by atoms with van der Waals surface area (Å²) in [5, 5.41) is 21.1. The predicted molar refractivity (Wildman–Crippen MR) is 143 cm³/mol. The maximum absolute atomic E-state index is 13.8. The van der Waals surface area contributed by atoms with E-state index in [-0.39, 0.29) is 12.5 Å².